The minimum absolute atomic E-state index is 0.105. The van der Waals surface area contributed by atoms with Crippen molar-refractivity contribution in [3.05, 3.63) is 34.6 Å². The molecule has 1 aromatic carbocycles. The van der Waals surface area contributed by atoms with Gasteiger partial charge in [0.25, 0.3) is 5.56 Å². The van der Waals surface area contributed by atoms with Gasteiger partial charge in [0.2, 0.25) is 5.91 Å². The summed E-state index contributed by atoms with van der Waals surface area (Å²) < 4.78 is 1.23. The summed E-state index contributed by atoms with van der Waals surface area (Å²) in [5.74, 6) is -0.105. The molecule has 1 aromatic heterocycles. The van der Waals surface area contributed by atoms with Crippen LogP contribution >= 0.6 is 0 Å². The van der Waals surface area contributed by atoms with Crippen molar-refractivity contribution in [2.75, 3.05) is 13.1 Å². The van der Waals surface area contributed by atoms with Gasteiger partial charge < -0.3 is 10.6 Å². The van der Waals surface area contributed by atoms with Crippen LogP contribution in [0.3, 0.4) is 0 Å². The highest BCUT2D eigenvalue weighted by Crippen LogP contribution is 2.03. The molecule has 2 aromatic rings. The van der Waals surface area contributed by atoms with Crippen LogP contribution in [0.2, 0.25) is 0 Å². The van der Waals surface area contributed by atoms with E-state index >= 15 is 0 Å². The number of nitrogens with zero attached hydrogens (tertiary/aromatic N) is 3. The van der Waals surface area contributed by atoms with Crippen molar-refractivity contribution in [2.45, 2.75) is 32.9 Å². The van der Waals surface area contributed by atoms with Crippen LogP contribution in [-0.4, -0.2) is 40.0 Å². The third-order valence-electron chi connectivity index (χ3n) is 3.34. The number of nitrogens with one attached hydrogen (secondary N) is 2. The van der Waals surface area contributed by atoms with Crippen LogP contribution in [0.5, 0.6) is 0 Å². The lowest BCUT2D eigenvalue weighted by Gasteiger charge is -2.13. The second-order valence-electron chi connectivity index (χ2n) is 5.15. The molecule has 0 saturated heterocycles. The Bertz CT molecular complexity index is 698. The smallest absolute Gasteiger partial charge is 0.277 e. The number of aromatic nitrogens is 3. The molecular formula is C15H21N5O2. The fourth-order valence-corrected chi connectivity index (χ4v) is 2.15. The Morgan fingerprint density at radius 2 is 2.14 bits per heavy atom. The molecule has 0 unspecified atom stereocenters. The lowest BCUT2D eigenvalue weighted by atomic mass is 10.2. The van der Waals surface area contributed by atoms with E-state index in [1.165, 1.54) is 4.68 Å². The van der Waals surface area contributed by atoms with E-state index in [1.807, 2.05) is 13.8 Å². The van der Waals surface area contributed by atoms with Gasteiger partial charge in [-0.05, 0) is 25.6 Å². The van der Waals surface area contributed by atoms with Crippen LogP contribution in [-0.2, 0) is 11.3 Å². The van der Waals surface area contributed by atoms with Gasteiger partial charge in [0.15, 0.2) is 0 Å². The van der Waals surface area contributed by atoms with Crippen LogP contribution in [0.25, 0.3) is 10.9 Å². The zero-order chi connectivity index (χ0) is 15.9. The number of carbonyl (C=O) groups is 1. The maximum atomic E-state index is 12.2. The maximum absolute atomic E-state index is 12.2. The van der Waals surface area contributed by atoms with Crippen molar-refractivity contribution in [1.82, 2.24) is 25.6 Å². The SMILES string of the molecule is CCN[C@H](C)CNC(=O)CCn1nnc2ccccc2c1=O. The first kappa shape index (κ1) is 16.1. The fraction of sp³-hybridized carbons (Fsp3) is 0.467. The maximum Gasteiger partial charge on any atom is 0.277 e. The van der Waals surface area contributed by atoms with E-state index in [4.69, 9.17) is 0 Å². The summed E-state index contributed by atoms with van der Waals surface area (Å²) in [5, 5.41) is 14.4. The first-order valence-electron chi connectivity index (χ1n) is 7.44. The molecule has 0 aliphatic carbocycles. The summed E-state index contributed by atoms with van der Waals surface area (Å²) in [5.41, 5.74) is 0.340. The third-order valence-corrected chi connectivity index (χ3v) is 3.34. The Labute approximate surface area is 128 Å². The Balaban J connectivity index is 1.93. The number of carbonyl (C=O) groups excluding carboxylic acids is 1. The number of likely N-dealkylation sites (N-methyl/N-ethyl adjacent to an activating group) is 1. The summed E-state index contributed by atoms with van der Waals surface area (Å²) in [6, 6.07) is 7.26. The van der Waals surface area contributed by atoms with E-state index in [0.717, 1.165) is 6.54 Å². The lowest BCUT2D eigenvalue weighted by Crippen LogP contribution is -2.39. The largest absolute Gasteiger partial charge is 0.354 e. The lowest BCUT2D eigenvalue weighted by molar-refractivity contribution is -0.121. The average molecular weight is 303 g/mol. The Morgan fingerprint density at radius 3 is 2.91 bits per heavy atom. The molecule has 0 radical (unpaired) electrons. The topological polar surface area (TPSA) is 88.9 Å². The second-order valence-corrected chi connectivity index (χ2v) is 5.15. The minimum atomic E-state index is -0.223. The summed E-state index contributed by atoms with van der Waals surface area (Å²) in [6.45, 7) is 5.66. The standard InChI is InChI=1S/C15H21N5O2/c1-3-16-11(2)10-17-14(21)8-9-20-15(22)12-6-4-5-7-13(12)18-19-20/h4-7,11,16H,3,8-10H2,1-2H3,(H,17,21)/t11-/m1/s1. The van der Waals surface area contributed by atoms with E-state index in [9.17, 15) is 9.59 Å². The number of rotatable bonds is 7. The minimum Gasteiger partial charge on any atom is -0.354 e. The van der Waals surface area contributed by atoms with Gasteiger partial charge in [-0.1, -0.05) is 24.3 Å². The van der Waals surface area contributed by atoms with Gasteiger partial charge in [-0.25, -0.2) is 4.68 Å². The molecule has 1 atom stereocenters. The van der Waals surface area contributed by atoms with Gasteiger partial charge in [0, 0.05) is 19.0 Å². The Hall–Kier alpha value is -2.28. The highest BCUT2D eigenvalue weighted by molar-refractivity contribution is 5.77. The summed E-state index contributed by atoms with van der Waals surface area (Å²) in [6.07, 6.45) is 0.200. The molecule has 7 nitrogen and oxygen atoms in total. The zero-order valence-electron chi connectivity index (χ0n) is 12.9. The van der Waals surface area contributed by atoms with Crippen molar-refractivity contribution in [1.29, 1.82) is 0 Å². The van der Waals surface area contributed by atoms with E-state index < -0.39 is 0 Å². The van der Waals surface area contributed by atoms with E-state index in [0.29, 0.717) is 17.4 Å². The van der Waals surface area contributed by atoms with Gasteiger partial charge in [0.1, 0.15) is 5.52 Å². The molecule has 0 saturated carbocycles. The molecular weight excluding hydrogens is 282 g/mol. The van der Waals surface area contributed by atoms with E-state index in [-0.39, 0.29) is 30.5 Å². The van der Waals surface area contributed by atoms with Crippen molar-refractivity contribution in [2.24, 2.45) is 0 Å². The first-order chi connectivity index (χ1) is 10.6. The van der Waals surface area contributed by atoms with Gasteiger partial charge in [0.05, 0.1) is 11.9 Å². The molecule has 7 heteroatoms. The molecule has 0 bridgehead atoms. The predicted molar refractivity (Wildman–Crippen MR) is 84.6 cm³/mol. The summed E-state index contributed by atoms with van der Waals surface area (Å²) in [7, 11) is 0. The molecule has 0 aliphatic heterocycles. The molecule has 2 N–H and O–H groups in total. The number of benzene rings is 1. The van der Waals surface area contributed by atoms with Crippen molar-refractivity contribution >= 4 is 16.8 Å². The normalized spacial score (nSPS) is 12.3. The highest BCUT2D eigenvalue weighted by Gasteiger charge is 2.08. The molecule has 1 heterocycles. The molecule has 0 aliphatic rings. The molecule has 22 heavy (non-hydrogen) atoms. The second kappa shape index (κ2) is 7.65. The number of hydrogen-bond donors (Lipinski definition) is 2. The van der Waals surface area contributed by atoms with Gasteiger partial charge in [-0.2, -0.15) is 0 Å². The van der Waals surface area contributed by atoms with Crippen molar-refractivity contribution in [3.63, 3.8) is 0 Å². The fourth-order valence-electron chi connectivity index (χ4n) is 2.15. The van der Waals surface area contributed by atoms with Crippen LogP contribution in [0.15, 0.2) is 29.1 Å². The highest BCUT2D eigenvalue weighted by atomic mass is 16.2. The quantitative estimate of drug-likeness (QED) is 0.768. The molecule has 0 fully saturated rings. The monoisotopic (exact) mass is 303 g/mol. The number of fused-ring (bicyclic) bond motifs is 1. The third kappa shape index (κ3) is 4.11. The van der Waals surface area contributed by atoms with E-state index in [1.54, 1.807) is 24.3 Å². The first-order valence-corrected chi connectivity index (χ1v) is 7.44. The molecule has 2 rings (SSSR count). The van der Waals surface area contributed by atoms with Gasteiger partial charge >= 0.3 is 0 Å². The molecule has 118 valence electrons. The number of aryl methyl sites for hydroxylation is 1. The Kier molecular flexibility index (Phi) is 5.60. The van der Waals surface area contributed by atoms with Gasteiger partial charge in [-0.15, -0.1) is 5.10 Å². The van der Waals surface area contributed by atoms with Gasteiger partial charge in [-0.3, -0.25) is 9.59 Å². The number of amides is 1. The molecule has 0 spiro atoms. The van der Waals surface area contributed by atoms with Crippen molar-refractivity contribution in [3.8, 4) is 0 Å². The number of hydrogen-bond acceptors (Lipinski definition) is 5. The van der Waals surface area contributed by atoms with Crippen LogP contribution in [0, 0.1) is 0 Å². The molecule has 1 amide bonds. The average Bonchev–Trinajstić information content (AvgIpc) is 2.53. The zero-order valence-corrected chi connectivity index (χ0v) is 12.9. The predicted octanol–water partition coefficient (Wildman–Crippen LogP) is 0.296. The van der Waals surface area contributed by atoms with Crippen molar-refractivity contribution < 1.29 is 4.79 Å². The summed E-state index contributed by atoms with van der Waals surface area (Å²) in [4.78, 5) is 24.0. The summed E-state index contributed by atoms with van der Waals surface area (Å²) >= 11 is 0. The van der Waals surface area contributed by atoms with Crippen LogP contribution in [0.1, 0.15) is 20.3 Å². The Morgan fingerprint density at radius 1 is 1.36 bits per heavy atom. The van der Waals surface area contributed by atoms with E-state index in [2.05, 4.69) is 20.9 Å². The van der Waals surface area contributed by atoms with Crippen LogP contribution < -0.4 is 16.2 Å². The van der Waals surface area contributed by atoms with Crippen LogP contribution in [0.4, 0.5) is 0 Å².